The monoisotopic (exact) mass is 397 g/mol. The summed E-state index contributed by atoms with van der Waals surface area (Å²) in [7, 11) is 1.96. The summed E-state index contributed by atoms with van der Waals surface area (Å²) in [4.78, 5) is 15.2. The number of nitrogens with two attached hydrogens (primary N) is 1. The van der Waals surface area contributed by atoms with Crippen LogP contribution in [0.25, 0.3) is 0 Å². The lowest BCUT2D eigenvalue weighted by atomic mass is 10.00. The number of hydrogen-bond donors (Lipinski definition) is 2. The van der Waals surface area contributed by atoms with Crippen molar-refractivity contribution in [3.05, 3.63) is 65.2 Å². The number of amides is 1. The van der Waals surface area contributed by atoms with Gasteiger partial charge >= 0.3 is 0 Å². The largest absolute Gasteiger partial charge is 0.491 e. The van der Waals surface area contributed by atoms with Crippen LogP contribution in [0.4, 0.5) is 0 Å². The van der Waals surface area contributed by atoms with Crippen molar-refractivity contribution in [2.75, 3.05) is 33.3 Å². The molecule has 3 rings (SSSR count). The lowest BCUT2D eigenvalue weighted by Crippen LogP contribution is -2.38. The van der Waals surface area contributed by atoms with Gasteiger partial charge in [0.2, 0.25) is 5.91 Å². The maximum Gasteiger partial charge on any atom is 0.218 e. The van der Waals surface area contributed by atoms with Gasteiger partial charge in [0.25, 0.3) is 0 Å². The number of β-amino-alcohol motifs (C(OH)–C–C–N with tert-alkyl or cyclic N) is 1. The number of primary amides is 1. The normalized spacial score (nSPS) is 15.1. The molecule has 29 heavy (non-hydrogen) atoms. The number of aliphatic hydroxyl groups is 1. The number of aliphatic hydroxyl groups excluding tert-OH is 1. The minimum Gasteiger partial charge on any atom is -0.491 e. The number of ether oxygens (including phenoxy) is 1. The highest BCUT2D eigenvalue weighted by Gasteiger charge is 2.18. The first-order valence-electron chi connectivity index (χ1n) is 10.2. The lowest BCUT2D eigenvalue weighted by molar-refractivity contribution is -0.118. The second kappa shape index (κ2) is 10.4. The van der Waals surface area contributed by atoms with Crippen LogP contribution in [0.2, 0.25) is 0 Å². The van der Waals surface area contributed by atoms with Gasteiger partial charge in [0.1, 0.15) is 18.5 Å². The van der Waals surface area contributed by atoms with E-state index in [1.54, 1.807) is 0 Å². The number of rotatable bonds is 10. The molecule has 0 bridgehead atoms. The van der Waals surface area contributed by atoms with E-state index in [-0.39, 0.29) is 12.5 Å². The van der Waals surface area contributed by atoms with Crippen LogP contribution < -0.4 is 10.5 Å². The van der Waals surface area contributed by atoms with Crippen molar-refractivity contribution >= 4 is 5.91 Å². The average Bonchev–Trinajstić information content (AvgIpc) is 2.71. The van der Waals surface area contributed by atoms with Crippen molar-refractivity contribution in [3.63, 3.8) is 0 Å². The minimum atomic E-state index is -0.540. The first-order chi connectivity index (χ1) is 14.0. The fourth-order valence-electron chi connectivity index (χ4n) is 3.68. The Morgan fingerprint density at radius 3 is 2.83 bits per heavy atom. The zero-order valence-electron chi connectivity index (χ0n) is 17.1. The predicted octanol–water partition coefficient (Wildman–Crippen LogP) is 1.79. The Bertz CT molecular complexity index is 811. The van der Waals surface area contributed by atoms with Gasteiger partial charge in [-0.25, -0.2) is 0 Å². The van der Waals surface area contributed by atoms with Gasteiger partial charge in [0, 0.05) is 39.1 Å². The summed E-state index contributed by atoms with van der Waals surface area (Å²) >= 11 is 0. The molecule has 1 aliphatic heterocycles. The van der Waals surface area contributed by atoms with Gasteiger partial charge in [0.05, 0.1) is 0 Å². The van der Waals surface area contributed by atoms with E-state index >= 15 is 0 Å². The molecular formula is C23H31N3O3. The summed E-state index contributed by atoms with van der Waals surface area (Å²) < 4.78 is 5.83. The smallest absolute Gasteiger partial charge is 0.218 e. The Labute approximate surface area is 172 Å². The molecule has 1 aliphatic rings. The van der Waals surface area contributed by atoms with Crippen molar-refractivity contribution in [1.29, 1.82) is 0 Å². The molecule has 6 heteroatoms. The van der Waals surface area contributed by atoms with E-state index in [2.05, 4.69) is 29.2 Å². The fraction of sp³-hybridized carbons (Fsp3) is 0.435. The molecule has 3 N–H and O–H groups in total. The second-order valence-electron chi connectivity index (χ2n) is 7.82. The predicted molar refractivity (Wildman–Crippen MR) is 114 cm³/mol. The standard InChI is InChI=1S/C23H31N3O3/c1-25(11-10-23(24)28)14-18-5-4-8-22(13-18)29-17-21(27)16-26-12-9-19-6-2-3-7-20(19)15-26/h2-8,13,21,27H,9-12,14-17H2,1H3,(H2,24,28)/t21-/m0/s1. The van der Waals surface area contributed by atoms with Crippen LogP contribution in [0.5, 0.6) is 5.75 Å². The summed E-state index contributed by atoms with van der Waals surface area (Å²) in [6.07, 6.45) is 0.830. The molecule has 0 aromatic heterocycles. The lowest BCUT2D eigenvalue weighted by Gasteiger charge is -2.30. The molecule has 0 spiro atoms. The number of nitrogens with zero attached hydrogens (tertiary/aromatic N) is 2. The van der Waals surface area contributed by atoms with Crippen LogP contribution in [0.1, 0.15) is 23.1 Å². The molecule has 0 radical (unpaired) electrons. The Kier molecular flexibility index (Phi) is 7.63. The van der Waals surface area contributed by atoms with Gasteiger partial charge in [-0.1, -0.05) is 36.4 Å². The van der Waals surface area contributed by atoms with E-state index < -0.39 is 6.10 Å². The van der Waals surface area contributed by atoms with Crippen molar-refractivity contribution in [2.24, 2.45) is 5.73 Å². The Balaban J connectivity index is 1.44. The zero-order valence-corrected chi connectivity index (χ0v) is 17.1. The third-order valence-corrected chi connectivity index (χ3v) is 5.21. The maximum atomic E-state index is 10.9. The number of carbonyl (C=O) groups is 1. The minimum absolute atomic E-state index is 0.263. The quantitative estimate of drug-likeness (QED) is 0.639. The van der Waals surface area contributed by atoms with Gasteiger partial charge in [0.15, 0.2) is 0 Å². The van der Waals surface area contributed by atoms with Crippen molar-refractivity contribution in [2.45, 2.75) is 32.0 Å². The van der Waals surface area contributed by atoms with E-state index in [9.17, 15) is 9.90 Å². The first-order valence-corrected chi connectivity index (χ1v) is 10.2. The highest BCUT2D eigenvalue weighted by molar-refractivity contribution is 5.73. The summed E-state index contributed by atoms with van der Waals surface area (Å²) in [5, 5.41) is 10.4. The molecule has 6 nitrogen and oxygen atoms in total. The third-order valence-electron chi connectivity index (χ3n) is 5.21. The van der Waals surface area contributed by atoms with Crippen LogP contribution in [0.3, 0.4) is 0 Å². The Hall–Kier alpha value is -2.41. The van der Waals surface area contributed by atoms with Crippen molar-refractivity contribution < 1.29 is 14.6 Å². The zero-order chi connectivity index (χ0) is 20.6. The molecule has 0 saturated carbocycles. The van der Waals surface area contributed by atoms with E-state index in [1.165, 1.54) is 11.1 Å². The Morgan fingerprint density at radius 1 is 1.24 bits per heavy atom. The van der Waals surface area contributed by atoms with Gasteiger partial charge in [-0.2, -0.15) is 0 Å². The second-order valence-corrected chi connectivity index (χ2v) is 7.82. The number of benzene rings is 2. The molecule has 156 valence electrons. The molecule has 2 aromatic rings. The van der Waals surface area contributed by atoms with Crippen LogP contribution in [0.15, 0.2) is 48.5 Å². The topological polar surface area (TPSA) is 79.0 Å². The van der Waals surface area contributed by atoms with Crippen LogP contribution in [-0.2, 0) is 24.3 Å². The highest BCUT2D eigenvalue weighted by Crippen LogP contribution is 2.19. The van der Waals surface area contributed by atoms with Crippen LogP contribution in [0, 0.1) is 0 Å². The third kappa shape index (κ3) is 6.85. The molecule has 0 unspecified atom stereocenters. The van der Waals surface area contributed by atoms with Crippen molar-refractivity contribution in [1.82, 2.24) is 9.80 Å². The molecule has 0 aliphatic carbocycles. The number of hydrogen-bond acceptors (Lipinski definition) is 5. The van der Waals surface area contributed by atoms with Gasteiger partial charge < -0.3 is 20.5 Å². The molecule has 1 amide bonds. The SMILES string of the molecule is CN(CCC(N)=O)Cc1cccc(OC[C@@H](O)CN2CCc3ccccc3C2)c1. The first kappa shape index (κ1) is 21.3. The van der Waals surface area contributed by atoms with E-state index in [0.717, 1.165) is 30.8 Å². The highest BCUT2D eigenvalue weighted by atomic mass is 16.5. The molecular weight excluding hydrogens is 366 g/mol. The molecule has 0 fully saturated rings. The average molecular weight is 398 g/mol. The van der Waals surface area contributed by atoms with Crippen LogP contribution >= 0.6 is 0 Å². The summed E-state index contributed by atoms with van der Waals surface area (Å²) in [6, 6.07) is 16.3. The fourth-order valence-corrected chi connectivity index (χ4v) is 3.68. The van der Waals surface area contributed by atoms with Gasteiger partial charge in [-0.3, -0.25) is 9.69 Å². The summed E-state index contributed by atoms with van der Waals surface area (Å²) in [6.45, 7) is 4.03. The van der Waals surface area contributed by atoms with Crippen molar-refractivity contribution in [3.8, 4) is 5.75 Å². The number of fused-ring (bicyclic) bond motifs is 1. The Morgan fingerprint density at radius 2 is 2.03 bits per heavy atom. The van der Waals surface area contributed by atoms with E-state index in [4.69, 9.17) is 10.5 Å². The molecule has 1 heterocycles. The van der Waals surface area contributed by atoms with E-state index in [1.807, 2.05) is 36.2 Å². The molecule has 1 atom stereocenters. The van der Waals surface area contributed by atoms with Gasteiger partial charge in [-0.15, -0.1) is 0 Å². The maximum absolute atomic E-state index is 10.9. The van der Waals surface area contributed by atoms with E-state index in [0.29, 0.717) is 26.1 Å². The molecule has 0 saturated heterocycles. The van der Waals surface area contributed by atoms with Gasteiger partial charge in [-0.05, 0) is 42.3 Å². The van der Waals surface area contributed by atoms with Crippen LogP contribution in [-0.4, -0.2) is 60.2 Å². The summed E-state index contributed by atoms with van der Waals surface area (Å²) in [5.41, 5.74) is 9.05. The number of carbonyl (C=O) groups excluding carboxylic acids is 1. The molecule has 2 aromatic carbocycles. The summed E-state index contributed by atoms with van der Waals surface area (Å²) in [5.74, 6) is 0.453.